The van der Waals surface area contributed by atoms with Crippen LogP contribution in [0.1, 0.15) is 16.7 Å². The van der Waals surface area contributed by atoms with E-state index in [-0.39, 0.29) is 22.7 Å². The Balaban J connectivity index is 0.00000208. The van der Waals surface area contributed by atoms with Crippen LogP contribution in [0.5, 0.6) is 5.75 Å². The second-order valence-electron chi connectivity index (χ2n) is 5.32. The van der Waals surface area contributed by atoms with Crippen molar-refractivity contribution in [3.63, 3.8) is 0 Å². The third-order valence-electron chi connectivity index (χ3n) is 3.59. The van der Waals surface area contributed by atoms with E-state index in [1.54, 1.807) is 12.1 Å². The summed E-state index contributed by atoms with van der Waals surface area (Å²) in [4.78, 5) is 0. The fourth-order valence-corrected chi connectivity index (χ4v) is 2.70. The molecule has 0 amide bonds. The van der Waals surface area contributed by atoms with Crippen LogP contribution in [0, 0.1) is 0 Å². The first-order chi connectivity index (χ1) is 11.2. The molecule has 3 aromatic rings. The van der Waals surface area contributed by atoms with Crippen LogP contribution in [0.3, 0.4) is 0 Å². The standard InChI is InChI=1S/C20H16BrNO.BrH/c21-20-4-2-1-3-18(20)15-22-13-11-17(12-14-22)6-5-16-7-9-19(23)10-8-16;/h1-14H,15H2;1H. The highest BCUT2D eigenvalue weighted by molar-refractivity contribution is 9.10. The smallest absolute Gasteiger partial charge is 0.174 e. The second kappa shape index (κ2) is 8.81. The van der Waals surface area contributed by atoms with Crippen LogP contribution >= 0.6 is 15.9 Å². The van der Waals surface area contributed by atoms with Crippen molar-refractivity contribution >= 4 is 28.1 Å². The van der Waals surface area contributed by atoms with Crippen LogP contribution in [0.25, 0.3) is 12.2 Å². The lowest BCUT2D eigenvalue weighted by Gasteiger charge is -2.01. The molecular weight excluding hydrogens is 430 g/mol. The van der Waals surface area contributed by atoms with E-state index in [4.69, 9.17) is 0 Å². The van der Waals surface area contributed by atoms with Crippen molar-refractivity contribution in [2.75, 3.05) is 0 Å². The quantitative estimate of drug-likeness (QED) is 0.605. The van der Waals surface area contributed by atoms with Crippen LogP contribution in [0.2, 0.25) is 0 Å². The molecule has 0 aliphatic rings. The summed E-state index contributed by atoms with van der Waals surface area (Å²) in [6, 6.07) is 19.6. The highest BCUT2D eigenvalue weighted by atomic mass is 79.9. The molecule has 0 radical (unpaired) electrons. The Bertz CT molecular complexity index is 812. The third-order valence-corrected chi connectivity index (χ3v) is 4.36. The molecule has 0 atom stereocenters. The maximum atomic E-state index is 9.28. The maximum absolute atomic E-state index is 9.28. The van der Waals surface area contributed by atoms with Crippen molar-refractivity contribution in [1.29, 1.82) is 0 Å². The molecule has 0 unspecified atom stereocenters. The Morgan fingerprint density at radius 2 is 1.42 bits per heavy atom. The summed E-state index contributed by atoms with van der Waals surface area (Å²) in [5.41, 5.74) is 3.46. The summed E-state index contributed by atoms with van der Waals surface area (Å²) in [6.45, 7) is 0.837. The van der Waals surface area contributed by atoms with Crippen molar-refractivity contribution in [3.8, 4) is 5.75 Å². The zero-order valence-corrected chi connectivity index (χ0v) is 16.1. The van der Waals surface area contributed by atoms with Gasteiger partial charge in [0.2, 0.25) is 0 Å². The highest BCUT2D eigenvalue weighted by Crippen LogP contribution is 2.15. The number of rotatable bonds is 4. The molecule has 0 aliphatic heterocycles. The van der Waals surface area contributed by atoms with Gasteiger partial charge in [-0.2, -0.15) is 0 Å². The summed E-state index contributed by atoms with van der Waals surface area (Å²) in [6.07, 6.45) is 8.26. The van der Waals surface area contributed by atoms with Crippen LogP contribution in [0.4, 0.5) is 0 Å². The minimum Gasteiger partial charge on any atom is -1.00 e. The van der Waals surface area contributed by atoms with Gasteiger partial charge >= 0.3 is 0 Å². The summed E-state index contributed by atoms with van der Waals surface area (Å²) < 4.78 is 3.28. The minimum absolute atomic E-state index is 0. The van der Waals surface area contributed by atoms with Crippen molar-refractivity contribution < 1.29 is 26.7 Å². The Morgan fingerprint density at radius 1 is 0.833 bits per heavy atom. The maximum Gasteiger partial charge on any atom is 0.174 e. The van der Waals surface area contributed by atoms with Crippen LogP contribution < -0.4 is 21.5 Å². The molecule has 24 heavy (non-hydrogen) atoms. The van der Waals surface area contributed by atoms with E-state index in [2.05, 4.69) is 69.3 Å². The van der Waals surface area contributed by atoms with Gasteiger partial charge in [0.05, 0.1) is 0 Å². The van der Waals surface area contributed by atoms with E-state index in [9.17, 15) is 5.11 Å². The molecule has 2 nitrogen and oxygen atoms in total. The van der Waals surface area contributed by atoms with E-state index < -0.39 is 0 Å². The molecule has 0 bridgehead atoms. The first-order valence-corrected chi connectivity index (χ1v) is 8.20. The van der Waals surface area contributed by atoms with Crippen molar-refractivity contribution in [3.05, 3.63) is 94.2 Å². The van der Waals surface area contributed by atoms with E-state index >= 15 is 0 Å². The van der Waals surface area contributed by atoms with Gasteiger partial charge in [-0.25, -0.2) is 4.57 Å². The largest absolute Gasteiger partial charge is 1.00 e. The fourth-order valence-electron chi connectivity index (χ4n) is 2.29. The predicted octanol–water partition coefficient (Wildman–Crippen LogP) is 1.66. The van der Waals surface area contributed by atoms with E-state index in [1.807, 2.05) is 24.3 Å². The van der Waals surface area contributed by atoms with E-state index in [1.165, 1.54) is 5.56 Å². The summed E-state index contributed by atoms with van der Waals surface area (Å²) in [7, 11) is 0. The highest BCUT2D eigenvalue weighted by Gasteiger charge is 2.05. The number of nitrogens with zero attached hydrogens (tertiary/aromatic N) is 1. The Kier molecular flexibility index (Phi) is 6.76. The molecule has 2 aromatic carbocycles. The fraction of sp³-hybridized carbons (Fsp3) is 0.0500. The molecule has 122 valence electrons. The number of aromatic hydroxyl groups is 1. The van der Waals surface area contributed by atoms with Crippen LogP contribution in [-0.2, 0) is 6.54 Å². The molecule has 1 heterocycles. The molecule has 0 aliphatic carbocycles. The average molecular weight is 447 g/mol. The van der Waals surface area contributed by atoms with Crippen molar-refractivity contribution in [2.45, 2.75) is 6.54 Å². The average Bonchev–Trinajstić information content (AvgIpc) is 2.58. The first-order valence-electron chi connectivity index (χ1n) is 7.40. The van der Waals surface area contributed by atoms with E-state index in [0.29, 0.717) is 0 Å². The Labute approximate surface area is 161 Å². The molecule has 0 spiro atoms. The molecule has 1 aromatic heterocycles. The predicted molar refractivity (Wildman–Crippen MR) is 96.9 cm³/mol. The topological polar surface area (TPSA) is 24.1 Å². The molecule has 3 rings (SSSR count). The molecule has 0 saturated heterocycles. The van der Waals surface area contributed by atoms with Gasteiger partial charge in [-0.3, -0.25) is 0 Å². The van der Waals surface area contributed by atoms with Crippen molar-refractivity contribution in [2.24, 2.45) is 0 Å². The number of aromatic nitrogens is 1. The summed E-state index contributed by atoms with van der Waals surface area (Å²) in [5.74, 6) is 0.287. The lowest BCUT2D eigenvalue weighted by Crippen LogP contribution is -3.00. The molecule has 1 N–H and O–H groups in total. The van der Waals surface area contributed by atoms with Crippen LogP contribution in [-0.4, -0.2) is 5.11 Å². The molecule has 0 fully saturated rings. The number of phenolic OH excluding ortho intramolecular Hbond substituents is 1. The lowest BCUT2D eigenvalue weighted by molar-refractivity contribution is -0.688. The minimum atomic E-state index is 0. The first kappa shape index (κ1) is 18.4. The number of benzene rings is 2. The van der Waals surface area contributed by atoms with Gasteiger partial charge < -0.3 is 22.1 Å². The van der Waals surface area contributed by atoms with Gasteiger partial charge in [0.1, 0.15) is 5.75 Å². The molecule has 4 heteroatoms. The monoisotopic (exact) mass is 445 g/mol. The van der Waals surface area contributed by atoms with Gasteiger partial charge in [-0.1, -0.05) is 58.4 Å². The normalized spacial score (nSPS) is 10.5. The molecule has 0 saturated carbocycles. The number of hydrogen-bond acceptors (Lipinski definition) is 1. The SMILES string of the molecule is Oc1ccc(/C=C/c2cc[n+](Cc3ccccc3Br)cc2)cc1.[Br-]. The number of halogens is 2. The van der Waals surface area contributed by atoms with E-state index in [0.717, 1.165) is 22.1 Å². The van der Waals surface area contributed by atoms with Gasteiger partial charge in [0.15, 0.2) is 18.9 Å². The number of phenols is 1. The van der Waals surface area contributed by atoms with Crippen molar-refractivity contribution in [1.82, 2.24) is 0 Å². The van der Waals surface area contributed by atoms with Gasteiger partial charge in [-0.15, -0.1) is 0 Å². The number of pyridine rings is 1. The Hall–Kier alpha value is -1.91. The third kappa shape index (κ3) is 5.05. The van der Waals surface area contributed by atoms with Gasteiger partial charge in [0, 0.05) is 22.2 Å². The second-order valence-corrected chi connectivity index (χ2v) is 6.17. The van der Waals surface area contributed by atoms with Gasteiger partial charge in [-0.05, 0) is 29.3 Å². The summed E-state index contributed by atoms with van der Waals surface area (Å²) in [5, 5.41) is 9.28. The van der Waals surface area contributed by atoms with Crippen LogP contribution in [0.15, 0.2) is 77.5 Å². The molecular formula is C20H17Br2NO. The Morgan fingerprint density at radius 3 is 2.04 bits per heavy atom. The number of hydrogen-bond donors (Lipinski definition) is 1. The zero-order chi connectivity index (χ0) is 16.1. The lowest BCUT2D eigenvalue weighted by atomic mass is 10.1. The summed E-state index contributed by atoms with van der Waals surface area (Å²) >= 11 is 3.58. The van der Waals surface area contributed by atoms with Gasteiger partial charge in [0.25, 0.3) is 0 Å². The zero-order valence-electron chi connectivity index (χ0n) is 12.9.